The Hall–Kier alpha value is -2.82. The molecule has 0 amide bonds. The van der Waals surface area contributed by atoms with E-state index in [2.05, 4.69) is 53.4 Å². The molecule has 0 bridgehead atoms. The van der Waals surface area contributed by atoms with Gasteiger partial charge < -0.3 is 19.5 Å². The number of likely N-dealkylation sites (tertiary alicyclic amines) is 1. The maximum atomic E-state index is 10.0. The molecule has 1 aliphatic heterocycles. The topological polar surface area (TPSA) is 41.9 Å². The van der Waals surface area contributed by atoms with Crippen molar-refractivity contribution < 1.29 is 14.6 Å². The third kappa shape index (κ3) is 5.66. The second kappa shape index (κ2) is 10.5. The van der Waals surface area contributed by atoms with Gasteiger partial charge in [-0.2, -0.15) is 0 Å². The van der Waals surface area contributed by atoms with Crippen molar-refractivity contribution in [3.8, 4) is 11.5 Å². The molecule has 1 aliphatic rings. The fraction of sp³-hybridized carbons (Fsp3) is 0.333. The molecule has 4 rings (SSSR count). The minimum Gasteiger partial charge on any atom is -0.504 e. The number of phenolic OH excluding ortho intramolecular Hbond substituents is 1. The molecule has 1 N–H and O–H groups in total. The van der Waals surface area contributed by atoms with E-state index in [0.717, 1.165) is 44.5 Å². The number of ether oxygens (including phenoxy) is 2. The van der Waals surface area contributed by atoms with Crippen LogP contribution < -0.4 is 4.74 Å². The Balaban J connectivity index is 1.39. The molecule has 0 aliphatic carbocycles. The Labute approximate surface area is 185 Å². The molecule has 1 saturated heterocycles. The molecule has 0 radical (unpaired) electrons. The molecule has 1 atom stereocenters. The van der Waals surface area contributed by atoms with Gasteiger partial charge in [-0.05, 0) is 54.6 Å². The van der Waals surface area contributed by atoms with E-state index in [0.29, 0.717) is 5.75 Å². The SMILES string of the molecule is COc1ccc(CCN2CCCC(OC(c3ccccc3)c3ccccc3)C2)cc1O. The predicted molar refractivity (Wildman–Crippen MR) is 124 cm³/mol. The highest BCUT2D eigenvalue weighted by Crippen LogP contribution is 2.30. The first-order valence-corrected chi connectivity index (χ1v) is 11.1. The van der Waals surface area contributed by atoms with Crippen LogP contribution >= 0.6 is 0 Å². The lowest BCUT2D eigenvalue weighted by atomic mass is 10.00. The van der Waals surface area contributed by atoms with Crippen molar-refractivity contribution in [3.63, 3.8) is 0 Å². The normalized spacial score (nSPS) is 17.0. The molecule has 162 valence electrons. The summed E-state index contributed by atoms with van der Waals surface area (Å²) in [4.78, 5) is 2.47. The van der Waals surface area contributed by atoms with Crippen LogP contribution in [0.1, 0.15) is 35.6 Å². The number of benzene rings is 3. The van der Waals surface area contributed by atoms with Crippen LogP contribution in [0.5, 0.6) is 11.5 Å². The quantitative estimate of drug-likeness (QED) is 0.546. The second-order valence-electron chi connectivity index (χ2n) is 8.16. The van der Waals surface area contributed by atoms with Gasteiger partial charge in [-0.3, -0.25) is 0 Å². The lowest BCUT2D eigenvalue weighted by Gasteiger charge is -2.35. The van der Waals surface area contributed by atoms with Gasteiger partial charge in [-0.25, -0.2) is 0 Å². The first-order valence-electron chi connectivity index (χ1n) is 11.1. The highest BCUT2D eigenvalue weighted by atomic mass is 16.5. The molecule has 1 unspecified atom stereocenters. The molecular weight excluding hydrogens is 386 g/mol. The fourth-order valence-corrected chi connectivity index (χ4v) is 4.30. The zero-order valence-corrected chi connectivity index (χ0v) is 18.1. The number of hydrogen-bond acceptors (Lipinski definition) is 4. The summed E-state index contributed by atoms with van der Waals surface area (Å²) in [6.45, 7) is 2.97. The maximum absolute atomic E-state index is 10.0. The van der Waals surface area contributed by atoms with Crippen LogP contribution in [0.15, 0.2) is 78.9 Å². The summed E-state index contributed by atoms with van der Waals surface area (Å²) in [5.41, 5.74) is 3.51. The minimum atomic E-state index is -0.0501. The summed E-state index contributed by atoms with van der Waals surface area (Å²) < 4.78 is 11.8. The van der Waals surface area contributed by atoms with Gasteiger partial charge >= 0.3 is 0 Å². The van der Waals surface area contributed by atoms with E-state index in [4.69, 9.17) is 9.47 Å². The fourth-order valence-electron chi connectivity index (χ4n) is 4.30. The second-order valence-corrected chi connectivity index (χ2v) is 8.16. The molecule has 4 heteroatoms. The van der Waals surface area contributed by atoms with Crippen molar-refractivity contribution in [2.75, 3.05) is 26.7 Å². The first kappa shape index (κ1) is 21.4. The standard InChI is InChI=1S/C27H31NO3/c1-30-26-15-14-21(19-25(26)29)16-18-28-17-8-13-24(20-28)31-27(22-9-4-2-5-10-22)23-11-6-3-7-12-23/h2-7,9-12,14-15,19,24,27,29H,8,13,16-18,20H2,1H3. The van der Waals surface area contributed by atoms with Crippen LogP contribution in [0, 0.1) is 0 Å². The average Bonchev–Trinajstić information content (AvgIpc) is 2.83. The lowest BCUT2D eigenvalue weighted by molar-refractivity contribution is -0.0330. The Morgan fingerprint density at radius 1 is 0.968 bits per heavy atom. The Bertz CT molecular complexity index is 906. The van der Waals surface area contributed by atoms with Crippen molar-refractivity contribution in [1.29, 1.82) is 0 Å². The van der Waals surface area contributed by atoms with Gasteiger partial charge in [0.05, 0.1) is 13.2 Å². The van der Waals surface area contributed by atoms with Crippen LogP contribution in [0.4, 0.5) is 0 Å². The number of phenols is 1. The number of piperidine rings is 1. The van der Waals surface area contributed by atoms with Gasteiger partial charge in [0, 0.05) is 13.1 Å². The summed E-state index contributed by atoms with van der Waals surface area (Å²) in [6, 6.07) is 26.6. The van der Waals surface area contributed by atoms with Crippen LogP contribution in [-0.2, 0) is 11.2 Å². The third-order valence-corrected chi connectivity index (χ3v) is 5.96. The zero-order chi connectivity index (χ0) is 21.5. The van der Waals surface area contributed by atoms with E-state index in [1.165, 1.54) is 11.1 Å². The van der Waals surface area contributed by atoms with Gasteiger partial charge in [0.1, 0.15) is 6.10 Å². The summed E-state index contributed by atoms with van der Waals surface area (Å²) in [7, 11) is 1.57. The van der Waals surface area contributed by atoms with Crippen molar-refractivity contribution in [3.05, 3.63) is 95.6 Å². The van der Waals surface area contributed by atoms with E-state index in [1.54, 1.807) is 13.2 Å². The third-order valence-electron chi connectivity index (χ3n) is 5.96. The summed E-state index contributed by atoms with van der Waals surface area (Å²) in [5.74, 6) is 0.719. The Kier molecular flexibility index (Phi) is 7.23. The first-order chi connectivity index (χ1) is 15.2. The van der Waals surface area contributed by atoms with Crippen LogP contribution in [0.3, 0.4) is 0 Å². The molecule has 4 nitrogen and oxygen atoms in total. The Morgan fingerprint density at radius 2 is 1.65 bits per heavy atom. The number of hydrogen-bond donors (Lipinski definition) is 1. The number of rotatable bonds is 8. The number of aromatic hydroxyl groups is 1. The van der Waals surface area contributed by atoms with Gasteiger partial charge in [0.2, 0.25) is 0 Å². The molecule has 31 heavy (non-hydrogen) atoms. The summed E-state index contributed by atoms with van der Waals surface area (Å²) >= 11 is 0. The van der Waals surface area contributed by atoms with Crippen molar-refractivity contribution >= 4 is 0 Å². The van der Waals surface area contributed by atoms with E-state index < -0.39 is 0 Å². The Morgan fingerprint density at radius 3 is 2.26 bits per heavy atom. The lowest BCUT2D eigenvalue weighted by Crippen LogP contribution is -2.41. The predicted octanol–water partition coefficient (Wildman–Crippen LogP) is 5.21. The summed E-state index contributed by atoms with van der Waals surface area (Å²) in [5, 5.41) is 10.0. The zero-order valence-electron chi connectivity index (χ0n) is 18.1. The van der Waals surface area contributed by atoms with E-state index in [9.17, 15) is 5.11 Å². The molecule has 3 aromatic carbocycles. The van der Waals surface area contributed by atoms with Gasteiger partial charge in [0.25, 0.3) is 0 Å². The average molecular weight is 418 g/mol. The van der Waals surface area contributed by atoms with Crippen LogP contribution in [0.25, 0.3) is 0 Å². The van der Waals surface area contributed by atoms with Gasteiger partial charge in [-0.15, -0.1) is 0 Å². The molecular formula is C27H31NO3. The van der Waals surface area contributed by atoms with Crippen LogP contribution in [0.2, 0.25) is 0 Å². The number of nitrogens with zero attached hydrogens (tertiary/aromatic N) is 1. The molecule has 3 aromatic rings. The molecule has 1 heterocycles. The highest BCUT2D eigenvalue weighted by Gasteiger charge is 2.25. The number of methoxy groups -OCH3 is 1. The van der Waals surface area contributed by atoms with Crippen molar-refractivity contribution in [1.82, 2.24) is 4.90 Å². The monoisotopic (exact) mass is 417 g/mol. The maximum Gasteiger partial charge on any atom is 0.160 e. The summed E-state index contributed by atoms with van der Waals surface area (Å²) in [6.07, 6.45) is 3.25. The molecule has 1 fully saturated rings. The molecule has 0 saturated carbocycles. The highest BCUT2D eigenvalue weighted by molar-refractivity contribution is 5.41. The van der Waals surface area contributed by atoms with Crippen molar-refractivity contribution in [2.24, 2.45) is 0 Å². The smallest absolute Gasteiger partial charge is 0.160 e. The van der Waals surface area contributed by atoms with Crippen molar-refractivity contribution in [2.45, 2.75) is 31.5 Å². The molecule has 0 aromatic heterocycles. The van der Waals surface area contributed by atoms with Gasteiger partial charge in [-0.1, -0.05) is 66.7 Å². The largest absolute Gasteiger partial charge is 0.504 e. The van der Waals surface area contributed by atoms with E-state index in [1.807, 2.05) is 24.3 Å². The van der Waals surface area contributed by atoms with E-state index >= 15 is 0 Å². The van der Waals surface area contributed by atoms with Gasteiger partial charge in [0.15, 0.2) is 11.5 Å². The minimum absolute atomic E-state index is 0.0501. The van der Waals surface area contributed by atoms with E-state index in [-0.39, 0.29) is 18.0 Å². The van der Waals surface area contributed by atoms with Crippen LogP contribution in [-0.4, -0.2) is 42.9 Å². The molecule has 0 spiro atoms.